The van der Waals surface area contributed by atoms with Gasteiger partial charge in [0, 0.05) is 0 Å². The van der Waals surface area contributed by atoms with E-state index in [2.05, 4.69) is 13.0 Å². The Kier molecular flexibility index (Phi) is 6.98. The number of allylic oxidation sites excluding steroid dienone is 3. The van der Waals surface area contributed by atoms with E-state index < -0.39 is 0 Å². The average Bonchev–Trinajstić information content (AvgIpc) is 1.89. The van der Waals surface area contributed by atoms with Crippen molar-refractivity contribution in [2.45, 2.75) is 19.8 Å². The molecule has 52 valence electrons. The summed E-state index contributed by atoms with van der Waals surface area (Å²) in [6, 6.07) is 0. The third-order valence-corrected chi connectivity index (χ3v) is 0.944. The van der Waals surface area contributed by atoms with Crippen molar-refractivity contribution < 1.29 is 5.11 Å². The van der Waals surface area contributed by atoms with Crippen LogP contribution in [-0.4, -0.2) is 11.7 Å². The van der Waals surface area contributed by atoms with E-state index in [1.165, 1.54) is 6.42 Å². The van der Waals surface area contributed by atoms with Crippen LogP contribution in [0.4, 0.5) is 0 Å². The molecule has 0 radical (unpaired) electrons. The molecule has 0 heterocycles. The summed E-state index contributed by atoms with van der Waals surface area (Å²) in [7, 11) is 0. The van der Waals surface area contributed by atoms with Crippen LogP contribution in [0.3, 0.4) is 0 Å². The molecule has 1 N–H and O–H groups in total. The smallest absolute Gasteiger partial charge is 0.0615 e. The summed E-state index contributed by atoms with van der Waals surface area (Å²) < 4.78 is 0. The van der Waals surface area contributed by atoms with Gasteiger partial charge in [-0.3, -0.25) is 0 Å². The SMILES string of the molecule is CCCC=C/C=C/CO. The van der Waals surface area contributed by atoms with E-state index in [4.69, 9.17) is 5.11 Å². The van der Waals surface area contributed by atoms with Crippen LogP contribution in [-0.2, 0) is 0 Å². The summed E-state index contributed by atoms with van der Waals surface area (Å²) in [6.07, 6.45) is 9.92. The van der Waals surface area contributed by atoms with Crippen molar-refractivity contribution in [3.8, 4) is 0 Å². The molecule has 0 aromatic heterocycles. The molecule has 0 saturated carbocycles. The topological polar surface area (TPSA) is 20.2 Å². The summed E-state index contributed by atoms with van der Waals surface area (Å²) in [6.45, 7) is 2.27. The van der Waals surface area contributed by atoms with E-state index in [1.54, 1.807) is 6.08 Å². The van der Waals surface area contributed by atoms with Gasteiger partial charge in [0.25, 0.3) is 0 Å². The molecule has 0 saturated heterocycles. The lowest BCUT2D eigenvalue weighted by Crippen LogP contribution is -1.67. The lowest BCUT2D eigenvalue weighted by Gasteiger charge is -1.79. The van der Waals surface area contributed by atoms with Crippen LogP contribution in [0.2, 0.25) is 0 Å². The van der Waals surface area contributed by atoms with E-state index in [0.29, 0.717) is 0 Å². The molecule has 0 fully saturated rings. The van der Waals surface area contributed by atoms with Crippen molar-refractivity contribution in [2.75, 3.05) is 6.61 Å². The first-order valence-electron chi connectivity index (χ1n) is 3.34. The minimum atomic E-state index is 0.135. The van der Waals surface area contributed by atoms with Crippen molar-refractivity contribution in [1.29, 1.82) is 0 Å². The lowest BCUT2D eigenvalue weighted by atomic mass is 10.3. The van der Waals surface area contributed by atoms with Gasteiger partial charge in [-0.1, -0.05) is 37.6 Å². The fraction of sp³-hybridized carbons (Fsp3) is 0.500. The molecular weight excluding hydrogens is 112 g/mol. The average molecular weight is 126 g/mol. The number of aliphatic hydroxyl groups is 1. The zero-order valence-electron chi connectivity index (χ0n) is 5.88. The third kappa shape index (κ3) is 7.44. The van der Waals surface area contributed by atoms with E-state index in [-0.39, 0.29) is 6.61 Å². The quantitative estimate of drug-likeness (QED) is 0.570. The van der Waals surface area contributed by atoms with Crippen molar-refractivity contribution in [2.24, 2.45) is 0 Å². The highest BCUT2D eigenvalue weighted by Gasteiger charge is 1.68. The monoisotopic (exact) mass is 126 g/mol. The third-order valence-electron chi connectivity index (χ3n) is 0.944. The van der Waals surface area contributed by atoms with Crippen LogP contribution in [0.5, 0.6) is 0 Å². The Labute approximate surface area is 56.7 Å². The molecule has 0 aliphatic rings. The van der Waals surface area contributed by atoms with Gasteiger partial charge >= 0.3 is 0 Å². The van der Waals surface area contributed by atoms with Crippen molar-refractivity contribution >= 4 is 0 Å². The largest absolute Gasteiger partial charge is 0.392 e. The minimum absolute atomic E-state index is 0.135. The molecule has 1 heteroatoms. The fourth-order valence-electron chi connectivity index (χ4n) is 0.481. The highest BCUT2D eigenvalue weighted by molar-refractivity contribution is 5.01. The van der Waals surface area contributed by atoms with Gasteiger partial charge in [0.1, 0.15) is 0 Å². The van der Waals surface area contributed by atoms with Crippen LogP contribution in [0.15, 0.2) is 24.3 Å². The van der Waals surface area contributed by atoms with Crippen LogP contribution < -0.4 is 0 Å². The van der Waals surface area contributed by atoms with E-state index in [9.17, 15) is 0 Å². The zero-order valence-corrected chi connectivity index (χ0v) is 5.88. The Morgan fingerprint density at radius 1 is 1.22 bits per heavy atom. The van der Waals surface area contributed by atoms with Crippen molar-refractivity contribution in [1.82, 2.24) is 0 Å². The van der Waals surface area contributed by atoms with Crippen molar-refractivity contribution in [3.63, 3.8) is 0 Å². The first-order chi connectivity index (χ1) is 4.41. The highest BCUT2D eigenvalue weighted by atomic mass is 16.2. The molecule has 0 aliphatic carbocycles. The van der Waals surface area contributed by atoms with Gasteiger partial charge in [-0.15, -0.1) is 0 Å². The fourth-order valence-corrected chi connectivity index (χ4v) is 0.481. The Bertz CT molecular complexity index is 92.7. The first-order valence-corrected chi connectivity index (χ1v) is 3.34. The summed E-state index contributed by atoms with van der Waals surface area (Å²) in [5.41, 5.74) is 0. The Hall–Kier alpha value is -0.560. The molecular formula is C8H14O. The van der Waals surface area contributed by atoms with Crippen LogP contribution in [0.1, 0.15) is 19.8 Å². The van der Waals surface area contributed by atoms with Gasteiger partial charge in [-0.05, 0) is 6.42 Å². The zero-order chi connectivity index (χ0) is 6.95. The second-order valence-electron chi connectivity index (χ2n) is 1.83. The normalized spacial score (nSPS) is 11.8. The Morgan fingerprint density at radius 2 is 1.89 bits per heavy atom. The molecule has 0 atom stereocenters. The van der Waals surface area contributed by atoms with E-state index >= 15 is 0 Å². The lowest BCUT2D eigenvalue weighted by molar-refractivity contribution is 0.343. The standard InChI is InChI=1S/C8H14O/c1-2-3-4-5-6-7-8-9/h4-7,9H,2-3,8H2,1H3/b5-4?,7-6+. The summed E-state index contributed by atoms with van der Waals surface area (Å²) in [4.78, 5) is 0. The second-order valence-corrected chi connectivity index (χ2v) is 1.83. The summed E-state index contributed by atoms with van der Waals surface area (Å²) in [5, 5.41) is 8.30. The van der Waals surface area contributed by atoms with Gasteiger partial charge < -0.3 is 5.11 Å². The number of rotatable bonds is 4. The van der Waals surface area contributed by atoms with Gasteiger partial charge in [0.15, 0.2) is 0 Å². The summed E-state index contributed by atoms with van der Waals surface area (Å²) >= 11 is 0. The number of hydrogen-bond donors (Lipinski definition) is 1. The molecule has 0 aromatic carbocycles. The molecule has 9 heavy (non-hydrogen) atoms. The number of aliphatic hydroxyl groups excluding tert-OH is 1. The van der Waals surface area contributed by atoms with Gasteiger partial charge in [0.2, 0.25) is 0 Å². The number of unbranched alkanes of at least 4 members (excludes halogenated alkanes) is 1. The minimum Gasteiger partial charge on any atom is -0.392 e. The molecule has 0 spiro atoms. The van der Waals surface area contributed by atoms with Gasteiger partial charge in [-0.2, -0.15) is 0 Å². The number of hydrogen-bond acceptors (Lipinski definition) is 1. The molecule has 0 aromatic rings. The molecule has 0 bridgehead atoms. The maximum atomic E-state index is 8.30. The van der Waals surface area contributed by atoms with Crippen LogP contribution in [0.25, 0.3) is 0 Å². The maximum absolute atomic E-state index is 8.30. The summed E-state index contributed by atoms with van der Waals surface area (Å²) in [5.74, 6) is 0. The second kappa shape index (κ2) is 7.44. The first kappa shape index (κ1) is 8.44. The van der Waals surface area contributed by atoms with Gasteiger partial charge in [-0.25, -0.2) is 0 Å². The molecule has 0 unspecified atom stereocenters. The van der Waals surface area contributed by atoms with Crippen LogP contribution >= 0.6 is 0 Å². The predicted octanol–water partition coefficient (Wildman–Crippen LogP) is 1.89. The Balaban J connectivity index is 3.13. The van der Waals surface area contributed by atoms with E-state index in [1.807, 2.05) is 12.2 Å². The highest BCUT2D eigenvalue weighted by Crippen LogP contribution is 1.87. The molecule has 0 amide bonds. The van der Waals surface area contributed by atoms with Crippen molar-refractivity contribution in [3.05, 3.63) is 24.3 Å². The van der Waals surface area contributed by atoms with E-state index in [0.717, 1.165) is 6.42 Å². The molecule has 1 nitrogen and oxygen atoms in total. The Morgan fingerprint density at radius 3 is 2.44 bits per heavy atom. The molecule has 0 rings (SSSR count). The maximum Gasteiger partial charge on any atom is 0.0615 e. The van der Waals surface area contributed by atoms with Gasteiger partial charge in [0.05, 0.1) is 6.61 Å². The molecule has 0 aliphatic heterocycles. The predicted molar refractivity (Wildman–Crippen MR) is 40.3 cm³/mol. The van der Waals surface area contributed by atoms with Crippen LogP contribution in [0, 0.1) is 0 Å².